The molecule has 0 aromatic carbocycles. The van der Waals surface area contributed by atoms with Gasteiger partial charge in [0, 0.05) is 24.4 Å². The van der Waals surface area contributed by atoms with Crippen LogP contribution in [-0.4, -0.2) is 31.1 Å². The van der Waals surface area contributed by atoms with Crippen molar-refractivity contribution in [1.82, 2.24) is 0 Å². The molecule has 0 spiro atoms. The summed E-state index contributed by atoms with van der Waals surface area (Å²) in [5, 5.41) is 0. The fourth-order valence-corrected chi connectivity index (χ4v) is 5.10. The summed E-state index contributed by atoms with van der Waals surface area (Å²) in [4.78, 5) is 11.7. The number of hydrogen-bond donors (Lipinski definition) is 0. The molecule has 0 radical (unpaired) electrons. The number of carbonyl (C=O) groups excluding carboxylic acids is 1. The maximum Gasteiger partial charge on any atom is 0.303 e. The zero-order chi connectivity index (χ0) is 17.4. The van der Waals surface area contributed by atoms with Crippen molar-refractivity contribution in [3.63, 3.8) is 0 Å². The van der Waals surface area contributed by atoms with Crippen molar-refractivity contribution >= 4 is 5.97 Å². The zero-order valence-corrected chi connectivity index (χ0v) is 15.4. The van der Waals surface area contributed by atoms with Gasteiger partial charge in [-0.25, -0.2) is 0 Å². The van der Waals surface area contributed by atoms with Crippen molar-refractivity contribution in [2.24, 2.45) is 10.8 Å². The highest BCUT2D eigenvalue weighted by molar-refractivity contribution is 5.66. The average molecular weight is 336 g/mol. The lowest BCUT2D eigenvalue weighted by Crippen LogP contribution is -2.60. The van der Waals surface area contributed by atoms with Gasteiger partial charge in [-0.05, 0) is 50.5 Å². The van der Waals surface area contributed by atoms with Crippen LogP contribution in [0.3, 0.4) is 0 Å². The maximum atomic E-state index is 11.7. The second-order valence-electron chi connectivity index (χ2n) is 8.30. The molecule has 0 amide bonds. The summed E-state index contributed by atoms with van der Waals surface area (Å²) in [6.45, 7) is 11.1. The van der Waals surface area contributed by atoms with E-state index in [9.17, 15) is 4.79 Å². The molecule has 2 saturated carbocycles. The molecule has 136 valence electrons. The van der Waals surface area contributed by atoms with Gasteiger partial charge in [-0.3, -0.25) is 4.79 Å². The number of hydrogen-bond acceptors (Lipinski definition) is 4. The Hall–Kier alpha value is -0.870. The smallest absolute Gasteiger partial charge is 0.303 e. The summed E-state index contributed by atoms with van der Waals surface area (Å²) in [6.07, 6.45) is 8.33. The van der Waals surface area contributed by atoms with Crippen molar-refractivity contribution in [2.75, 3.05) is 6.61 Å². The molecule has 0 N–H and O–H groups in total. The first-order chi connectivity index (χ1) is 11.4. The van der Waals surface area contributed by atoms with Crippen LogP contribution >= 0.6 is 0 Å². The lowest BCUT2D eigenvalue weighted by atomic mass is 9.48. The van der Waals surface area contributed by atoms with Crippen LogP contribution < -0.4 is 0 Å². The van der Waals surface area contributed by atoms with E-state index >= 15 is 0 Å². The van der Waals surface area contributed by atoms with E-state index in [0.717, 1.165) is 57.1 Å². The molecule has 4 nitrogen and oxygen atoms in total. The van der Waals surface area contributed by atoms with Gasteiger partial charge in [-0.1, -0.05) is 26.8 Å². The van der Waals surface area contributed by atoms with Crippen LogP contribution in [0.5, 0.6) is 0 Å². The molecule has 2 aliphatic carbocycles. The molecule has 5 atom stereocenters. The van der Waals surface area contributed by atoms with Gasteiger partial charge in [0.2, 0.25) is 0 Å². The summed E-state index contributed by atoms with van der Waals surface area (Å²) < 4.78 is 18.0. The molecule has 3 aliphatic rings. The molecule has 1 saturated heterocycles. The van der Waals surface area contributed by atoms with Crippen LogP contribution in [0.1, 0.15) is 72.1 Å². The lowest BCUT2D eigenvalue weighted by Gasteiger charge is -2.60. The molecule has 0 bridgehead atoms. The van der Waals surface area contributed by atoms with Gasteiger partial charge in [0.1, 0.15) is 6.10 Å². The van der Waals surface area contributed by atoms with E-state index in [4.69, 9.17) is 14.2 Å². The first-order valence-corrected chi connectivity index (χ1v) is 9.49. The number of rotatable bonds is 3. The van der Waals surface area contributed by atoms with Gasteiger partial charge >= 0.3 is 5.97 Å². The molecule has 1 aliphatic heterocycles. The predicted molar refractivity (Wildman–Crippen MR) is 92.5 cm³/mol. The lowest BCUT2D eigenvalue weighted by molar-refractivity contribution is -0.253. The highest BCUT2D eigenvalue weighted by Gasteiger charge is 2.60. The average Bonchev–Trinajstić information content (AvgIpc) is 2.55. The molecule has 3 rings (SSSR count). The van der Waals surface area contributed by atoms with Crippen molar-refractivity contribution in [1.29, 1.82) is 0 Å². The topological polar surface area (TPSA) is 44.8 Å². The molecular weight excluding hydrogens is 304 g/mol. The normalized spacial score (nSPS) is 43.1. The highest BCUT2D eigenvalue weighted by atomic mass is 16.7. The molecule has 1 heterocycles. The van der Waals surface area contributed by atoms with E-state index in [-0.39, 0.29) is 35.3 Å². The van der Waals surface area contributed by atoms with Crippen molar-refractivity contribution < 1.29 is 19.0 Å². The van der Waals surface area contributed by atoms with E-state index in [0.29, 0.717) is 0 Å². The van der Waals surface area contributed by atoms with E-state index < -0.39 is 0 Å². The largest absolute Gasteiger partial charge is 0.457 e. The first kappa shape index (κ1) is 17.9. The number of ether oxygens (including phenoxy) is 3. The molecule has 2 unspecified atom stereocenters. The van der Waals surface area contributed by atoms with E-state index in [1.165, 1.54) is 13.3 Å². The van der Waals surface area contributed by atoms with E-state index in [1.807, 2.05) is 0 Å². The summed E-state index contributed by atoms with van der Waals surface area (Å²) in [6, 6.07) is 0. The Labute approximate surface area is 145 Å². The third-order valence-corrected chi connectivity index (χ3v) is 6.83. The van der Waals surface area contributed by atoms with Gasteiger partial charge in [-0.2, -0.15) is 0 Å². The van der Waals surface area contributed by atoms with Gasteiger partial charge in [-0.15, -0.1) is 0 Å². The minimum atomic E-state index is -0.217. The Morgan fingerprint density at radius 1 is 1.17 bits per heavy atom. The summed E-state index contributed by atoms with van der Waals surface area (Å²) in [5.74, 6) is -0.217. The van der Waals surface area contributed by atoms with Crippen molar-refractivity contribution in [3.05, 3.63) is 12.2 Å². The number of esters is 1. The van der Waals surface area contributed by atoms with E-state index in [2.05, 4.69) is 20.4 Å². The maximum absolute atomic E-state index is 11.7. The van der Waals surface area contributed by atoms with Gasteiger partial charge in [0.25, 0.3) is 0 Å². The van der Waals surface area contributed by atoms with Crippen LogP contribution in [-0.2, 0) is 19.0 Å². The van der Waals surface area contributed by atoms with Crippen LogP contribution in [0.15, 0.2) is 12.2 Å². The second-order valence-corrected chi connectivity index (χ2v) is 8.30. The molecule has 0 aromatic heterocycles. The second kappa shape index (κ2) is 6.80. The Morgan fingerprint density at radius 3 is 2.62 bits per heavy atom. The Kier molecular flexibility index (Phi) is 5.08. The van der Waals surface area contributed by atoms with Gasteiger partial charge in [0.05, 0.1) is 6.10 Å². The molecule has 4 heteroatoms. The SMILES string of the molecule is C=C1CC[C@@]2(C)[C@H](OC3CCCCO3)CCC[C@@]2(C)C1OC(C)=O. The van der Waals surface area contributed by atoms with Gasteiger partial charge < -0.3 is 14.2 Å². The van der Waals surface area contributed by atoms with Gasteiger partial charge in [0.15, 0.2) is 6.29 Å². The molecule has 24 heavy (non-hydrogen) atoms. The Morgan fingerprint density at radius 2 is 1.96 bits per heavy atom. The van der Waals surface area contributed by atoms with Crippen LogP contribution in [0, 0.1) is 10.8 Å². The van der Waals surface area contributed by atoms with Crippen LogP contribution in [0.25, 0.3) is 0 Å². The molecule has 3 fully saturated rings. The first-order valence-electron chi connectivity index (χ1n) is 9.49. The van der Waals surface area contributed by atoms with Crippen LogP contribution in [0.2, 0.25) is 0 Å². The van der Waals surface area contributed by atoms with E-state index in [1.54, 1.807) is 0 Å². The number of fused-ring (bicyclic) bond motifs is 1. The summed E-state index contributed by atoms with van der Waals surface area (Å²) >= 11 is 0. The predicted octanol–water partition coefficient (Wildman–Crippen LogP) is 4.38. The van der Waals surface area contributed by atoms with Crippen molar-refractivity contribution in [3.8, 4) is 0 Å². The Balaban J connectivity index is 1.83. The van der Waals surface area contributed by atoms with Crippen molar-refractivity contribution in [2.45, 2.75) is 90.6 Å². The monoisotopic (exact) mass is 336 g/mol. The highest BCUT2D eigenvalue weighted by Crippen LogP contribution is 2.61. The molecular formula is C20H32O4. The third kappa shape index (κ3) is 3.03. The minimum Gasteiger partial charge on any atom is -0.457 e. The fraction of sp³-hybridized carbons (Fsp3) is 0.850. The molecule has 0 aromatic rings. The van der Waals surface area contributed by atoms with Crippen LogP contribution in [0.4, 0.5) is 0 Å². The summed E-state index contributed by atoms with van der Waals surface area (Å²) in [7, 11) is 0. The fourth-order valence-electron chi connectivity index (χ4n) is 5.10. The third-order valence-electron chi connectivity index (χ3n) is 6.83. The number of carbonyl (C=O) groups is 1. The Bertz CT molecular complexity index is 496. The quantitative estimate of drug-likeness (QED) is 0.567. The summed E-state index contributed by atoms with van der Waals surface area (Å²) in [5.41, 5.74) is 0.915. The standard InChI is InChI=1S/C20H32O4/c1-14-10-12-19(3)16(24-17-9-5-6-13-22-17)8-7-11-20(19,4)18(14)23-15(2)21/h16-18H,1,5-13H2,2-4H3/t16-,17?,18?,19+,20+/m1/s1. The zero-order valence-electron chi connectivity index (χ0n) is 15.4. The minimum absolute atomic E-state index is 0.0205.